The summed E-state index contributed by atoms with van der Waals surface area (Å²) in [6, 6.07) is 0. The van der Waals surface area contributed by atoms with Crippen LogP contribution < -0.4 is 0 Å². The van der Waals surface area contributed by atoms with Gasteiger partial charge in [-0.1, -0.05) is 95.0 Å². The first-order valence-corrected chi connectivity index (χ1v) is 39.3. The number of aliphatic carboxylic acids is 3. The average Bonchev–Trinajstić information content (AvgIpc) is 0.829. The molecule has 0 atom stereocenters. The summed E-state index contributed by atoms with van der Waals surface area (Å²) in [7, 11) is 0. The zero-order chi connectivity index (χ0) is 77.3. The molecule has 0 aromatic heterocycles. The number of unbranched alkanes of at least 4 members (excludes halogenated alkanes) is 14. The van der Waals surface area contributed by atoms with E-state index in [2.05, 4.69) is 10.0 Å². The average molecular weight is 1550 g/mol. The van der Waals surface area contributed by atoms with Crippen molar-refractivity contribution in [2.75, 3.05) is 310 Å². The number of ether oxygens (including phenoxy) is 23. The van der Waals surface area contributed by atoms with Crippen LogP contribution in [0, 0.1) is 5.41 Å². The van der Waals surface area contributed by atoms with E-state index in [1.165, 1.54) is 0 Å². The molecule has 0 rings (SSSR count). The van der Waals surface area contributed by atoms with Gasteiger partial charge in [-0.3, -0.25) is 19.2 Å². The van der Waals surface area contributed by atoms with E-state index in [4.69, 9.17) is 120 Å². The maximum atomic E-state index is 12.3. The first-order chi connectivity index (χ1) is 52.8. The third kappa shape index (κ3) is 83.2. The fourth-order valence-electron chi connectivity index (χ4n) is 9.80. The van der Waals surface area contributed by atoms with Gasteiger partial charge in [0.1, 0.15) is 5.78 Å². The van der Waals surface area contributed by atoms with Gasteiger partial charge in [-0.25, -0.2) is 0 Å². The van der Waals surface area contributed by atoms with Crippen LogP contribution in [0.4, 0.5) is 0 Å². The number of ketones is 1. The molecule has 0 unspecified atom stereocenters. The van der Waals surface area contributed by atoms with E-state index < -0.39 is 23.3 Å². The van der Waals surface area contributed by atoms with E-state index in [1.807, 2.05) is 0 Å². The minimum atomic E-state index is -1.73. The molecule has 0 saturated carbocycles. The highest BCUT2D eigenvalue weighted by Gasteiger charge is 2.45. The predicted octanol–water partition coefficient (Wildman–Crippen LogP) is 8.07. The Bertz CT molecular complexity index is 1890. The van der Waals surface area contributed by atoms with Gasteiger partial charge in [0, 0.05) is 37.3 Å². The second-order valence-corrected chi connectivity index (χ2v) is 24.4. The van der Waals surface area contributed by atoms with Crippen LogP contribution in [0.2, 0.25) is 0 Å². The Morgan fingerprint density at radius 1 is 0.224 bits per heavy atom. The Hall–Kier alpha value is -3.53. The second-order valence-electron chi connectivity index (χ2n) is 24.4. The normalized spacial score (nSPS) is 11.7. The van der Waals surface area contributed by atoms with Gasteiger partial charge < -0.3 is 124 Å². The molecule has 0 amide bonds. The number of rotatable bonds is 97. The highest BCUT2D eigenvalue weighted by Crippen LogP contribution is 2.33. The number of carboxylic acids is 3. The van der Waals surface area contributed by atoms with E-state index in [1.54, 1.807) is 0 Å². The van der Waals surface area contributed by atoms with Crippen LogP contribution in [0.3, 0.4) is 0 Å². The highest BCUT2D eigenvalue weighted by atomic mass is 16.6. The van der Waals surface area contributed by atoms with Crippen LogP contribution in [-0.2, 0) is 128 Å². The molecule has 0 aliphatic rings. The highest BCUT2D eigenvalue weighted by molar-refractivity contribution is 5.98. The Balaban J connectivity index is 3.25. The van der Waals surface area contributed by atoms with Crippen molar-refractivity contribution in [3.8, 4) is 0 Å². The minimum absolute atomic E-state index is 0.140. The molecule has 0 bridgehead atoms. The SMILES string of the molecule is [N-]=[N+]=NCCOCCOCCOCCOCCOCCOCCOCCOCCOCCOCCOCCOCCOCCOCCOCCOCCOCCOCCOCCOCCOCCOCCOCCCC(=O)CCCCCCCCCCC(CCCCCCCCCCC(=O)O)(C(=O)O)C(=O)O. The summed E-state index contributed by atoms with van der Waals surface area (Å²) in [5.41, 5.74) is 6.45. The summed E-state index contributed by atoms with van der Waals surface area (Å²) >= 11 is 0. The van der Waals surface area contributed by atoms with Gasteiger partial charge in [-0.2, -0.15) is 0 Å². The van der Waals surface area contributed by atoms with Crippen molar-refractivity contribution in [2.24, 2.45) is 10.5 Å². The number of hydrogen-bond donors (Lipinski definition) is 3. The van der Waals surface area contributed by atoms with Gasteiger partial charge in [0.05, 0.1) is 297 Å². The minimum Gasteiger partial charge on any atom is -0.481 e. The number of carboxylic acid groups (broad SMARTS) is 3. The number of carbonyl (C=O) groups is 4. The lowest BCUT2D eigenvalue weighted by Gasteiger charge is -2.25. The van der Waals surface area contributed by atoms with Crippen molar-refractivity contribution in [2.45, 2.75) is 141 Å². The molecule has 3 N–H and O–H groups in total. The molecule has 0 fully saturated rings. The van der Waals surface area contributed by atoms with Crippen molar-refractivity contribution in [1.82, 2.24) is 0 Å². The van der Waals surface area contributed by atoms with Gasteiger partial charge in [-0.05, 0) is 37.6 Å². The quantitative estimate of drug-likeness (QED) is 0.0170. The molecule has 107 heavy (non-hydrogen) atoms. The molecule has 0 aromatic carbocycles. The molecule has 0 aliphatic carbocycles. The zero-order valence-electron chi connectivity index (χ0n) is 65.0. The van der Waals surface area contributed by atoms with Crippen molar-refractivity contribution in [3.63, 3.8) is 0 Å². The summed E-state index contributed by atoms with van der Waals surface area (Å²) in [6.07, 6.45) is 16.3. The molecule has 33 nitrogen and oxygen atoms in total. The molecule has 0 spiro atoms. The maximum absolute atomic E-state index is 12.3. The number of carbonyl (C=O) groups excluding carboxylic acids is 1. The number of Topliss-reactive ketones (excluding diaryl/α,β-unsaturated/α-hetero) is 1. The molecule has 0 saturated heterocycles. The fourth-order valence-corrected chi connectivity index (χ4v) is 9.80. The Kier molecular flexibility index (Phi) is 86.7. The molecule has 632 valence electrons. The molecular weight excluding hydrogens is 1410 g/mol. The fraction of sp³-hybridized carbons (Fsp3) is 0.946. The Morgan fingerprint density at radius 3 is 0.589 bits per heavy atom. The molecule has 0 aliphatic heterocycles. The van der Waals surface area contributed by atoms with E-state index in [9.17, 15) is 29.4 Å². The van der Waals surface area contributed by atoms with Crippen molar-refractivity contribution < 1.29 is 143 Å². The first-order valence-electron chi connectivity index (χ1n) is 39.3. The van der Waals surface area contributed by atoms with Crippen molar-refractivity contribution >= 4 is 23.7 Å². The summed E-state index contributed by atoms with van der Waals surface area (Å²) in [4.78, 5) is 49.8. The van der Waals surface area contributed by atoms with Gasteiger partial charge >= 0.3 is 17.9 Å². The van der Waals surface area contributed by atoms with E-state index >= 15 is 0 Å². The van der Waals surface area contributed by atoms with Crippen molar-refractivity contribution in [1.29, 1.82) is 0 Å². The second kappa shape index (κ2) is 89.7. The van der Waals surface area contributed by atoms with Gasteiger partial charge in [0.15, 0.2) is 5.41 Å². The monoisotopic (exact) mass is 1550 g/mol. The van der Waals surface area contributed by atoms with E-state index in [-0.39, 0.29) is 25.0 Å². The van der Waals surface area contributed by atoms with Crippen LogP contribution in [-0.4, -0.2) is 349 Å². The Labute approximate surface area is 637 Å². The summed E-state index contributed by atoms with van der Waals surface area (Å²) in [5.74, 6) is -3.01. The maximum Gasteiger partial charge on any atom is 0.321 e. The lowest BCUT2D eigenvalue weighted by Crippen LogP contribution is -2.39. The molecule has 0 heterocycles. The standard InChI is InChI=1S/C74H141N3O30/c75-77-76-23-25-86-27-29-88-31-33-90-35-37-92-39-41-94-43-45-96-47-49-98-51-53-100-55-57-102-59-61-104-63-65-106-67-69-107-68-66-105-64-62-103-60-58-101-56-54-99-52-50-97-48-46-95-44-42-93-40-38-91-36-34-89-32-30-87-28-26-85-24-17-19-70(78)18-13-9-5-1-3-7-11-15-21-74(72(81)82,73(83)84)22-16-12-8-4-2-6-10-14-20-71(79)80/h1-69H2,(H,79,80)(H,81,82)(H,83,84). The predicted molar refractivity (Wildman–Crippen MR) is 395 cm³/mol. The Morgan fingerprint density at radius 2 is 0.393 bits per heavy atom. The summed E-state index contributed by atoms with van der Waals surface area (Å²) in [6.45, 7) is 21.9. The van der Waals surface area contributed by atoms with Gasteiger partial charge in [0.2, 0.25) is 0 Å². The summed E-state index contributed by atoms with van der Waals surface area (Å²) < 4.78 is 127. The molecule has 33 heteroatoms. The summed E-state index contributed by atoms with van der Waals surface area (Å²) in [5, 5.41) is 31.9. The van der Waals surface area contributed by atoms with Crippen LogP contribution >= 0.6 is 0 Å². The van der Waals surface area contributed by atoms with E-state index in [0.29, 0.717) is 349 Å². The van der Waals surface area contributed by atoms with Crippen LogP contribution in [0.5, 0.6) is 0 Å². The topological polar surface area (TPSA) is 390 Å². The lowest BCUT2D eigenvalue weighted by atomic mass is 9.78. The number of azide groups is 1. The molecular formula is C74H141N3O30. The van der Waals surface area contributed by atoms with Crippen LogP contribution in [0.1, 0.15) is 141 Å². The third-order valence-corrected chi connectivity index (χ3v) is 15.7. The first kappa shape index (κ1) is 103. The van der Waals surface area contributed by atoms with Crippen LogP contribution in [0.15, 0.2) is 5.11 Å². The third-order valence-electron chi connectivity index (χ3n) is 15.7. The van der Waals surface area contributed by atoms with Crippen LogP contribution in [0.25, 0.3) is 10.4 Å². The lowest BCUT2D eigenvalue weighted by molar-refractivity contribution is -0.166. The largest absolute Gasteiger partial charge is 0.481 e. The van der Waals surface area contributed by atoms with Crippen molar-refractivity contribution in [3.05, 3.63) is 10.4 Å². The van der Waals surface area contributed by atoms with Gasteiger partial charge in [0.25, 0.3) is 0 Å². The smallest absolute Gasteiger partial charge is 0.321 e. The van der Waals surface area contributed by atoms with Gasteiger partial charge in [-0.15, -0.1) is 0 Å². The van der Waals surface area contributed by atoms with E-state index in [0.717, 1.165) is 83.5 Å². The molecule has 0 aromatic rings. The number of nitrogens with zero attached hydrogens (tertiary/aromatic N) is 3. The zero-order valence-corrected chi connectivity index (χ0v) is 65.0. The number of hydrogen-bond acceptors (Lipinski definition) is 28. The molecule has 0 radical (unpaired) electrons.